The molecule has 612 valence electrons. The molecule has 0 saturated carbocycles. The smallest absolute Gasteiger partial charge is 0.0616 e. The van der Waals surface area contributed by atoms with E-state index in [1.165, 1.54) is 0 Å². The summed E-state index contributed by atoms with van der Waals surface area (Å²) in [5.41, 5.74) is 0.185. The van der Waals surface area contributed by atoms with Gasteiger partial charge in [-0.2, -0.15) is 0 Å². The van der Waals surface area contributed by atoms with Gasteiger partial charge >= 0.3 is 0 Å². The van der Waals surface area contributed by atoms with Gasteiger partial charge in [-0.05, 0) is 316 Å². The Morgan fingerprint density at radius 3 is 0.864 bits per heavy atom. The molecule has 0 bridgehead atoms. The molecule has 27 aromatic rings. The standard InChI is InChI=1S/3C44H28/c3*1-3-13-32-26-35(22-20-29(32)10-1)43-39-17-7-8-18-40(39)44(36-23-21-30-11-2-4-14-33(30)27-36)42-28-34(24-25-41(42)43)38-19-9-15-31-12-5-6-16-37(31)38/h3*1-28H/i1D,2D,3D,4D,5D,6D,7D,8D,9D,10D,11D,12D,13D,14D,15D,16D,17D,18D,19D,20D,21D,22D,23D,24D,25D,26D,27D,28D;1D,2D,3D,4D,10D,11D,13D,14D,20D,21D,22D,23D,26D,27D;7D,8D,17D,18D,24D,25D,28D. The van der Waals surface area contributed by atoms with Crippen molar-refractivity contribution in [2.45, 2.75) is 0 Å². The molecule has 0 atom stereocenters. The molecule has 0 spiro atoms. The Bertz CT molecular complexity index is 12600. The predicted octanol–water partition coefficient (Wildman–Crippen LogP) is 37.4. The van der Waals surface area contributed by atoms with Crippen molar-refractivity contribution in [1.82, 2.24) is 0 Å². The van der Waals surface area contributed by atoms with Gasteiger partial charge in [-0.25, -0.2) is 0 Å². The minimum absolute atomic E-state index is 0.0295. The van der Waals surface area contributed by atoms with Crippen LogP contribution in [0.1, 0.15) is 67.2 Å². The molecule has 0 heteroatoms. The summed E-state index contributed by atoms with van der Waals surface area (Å²) in [5.74, 6) is 0. The van der Waals surface area contributed by atoms with Crippen LogP contribution in [0.3, 0.4) is 0 Å². The second-order valence-corrected chi connectivity index (χ2v) is 31.2. The number of benzene rings is 27. The molecule has 0 radical (unpaired) electrons. The molecule has 0 N–H and O–H groups in total. The van der Waals surface area contributed by atoms with Gasteiger partial charge in [-0.1, -0.05) is 454 Å². The number of rotatable bonds is 9. The zero-order valence-corrected chi connectivity index (χ0v) is 68.7. The van der Waals surface area contributed by atoms with E-state index in [9.17, 15) is 27.4 Å². The third-order valence-electron chi connectivity index (χ3n) is 23.8. The summed E-state index contributed by atoms with van der Waals surface area (Å²) in [6.45, 7) is 0. The van der Waals surface area contributed by atoms with Crippen molar-refractivity contribution in [1.29, 1.82) is 0 Å². The lowest BCUT2D eigenvalue weighted by Crippen LogP contribution is -1.92. The first-order valence-electron chi connectivity index (χ1n) is 66.3. The third-order valence-corrected chi connectivity index (χ3v) is 23.8. The van der Waals surface area contributed by atoms with Crippen molar-refractivity contribution < 1.29 is 67.2 Å². The molecular formula is C132H84. The van der Waals surface area contributed by atoms with Crippen molar-refractivity contribution in [3.63, 3.8) is 0 Å². The maximum atomic E-state index is 10.2. The SMILES string of the molecule is [2H]c1c([2H])c([2H])c2c(-c3ccc4ccccc4c3)c3c([2H])c(-c4cccc5ccccc45)c([2H])c([2H])c3c(-c3ccc4ccccc4c3)c2c1[2H].[2H]c1c([2H])c([2H])c2c([2H])c(-c3c4c([2H])c([2H])c([2H])c([2H])c4c(-c4c([2H])c([2H])c5c([2H])c([2H])c([2H])c([2H])c5c4[2H])c4c([2H])c(-c5c([2H])c([2H])c([2H])c6c([2H])c([2H])c([2H])c([2H])c56)c([2H])c([2H])c34)c([2H])c([2H])c2c1[2H].[2H]c1c([2H])c([2H])c2c([2H])c(-c3c4ccccc4c(-c4c([2H])c([2H])c5c([2H])c([2H])c([2H])c([2H])c5c4[2H])c4cc(-c5cccc6ccccc56)ccc34)c([2H])c([2H])c2c1[2H]. The van der Waals surface area contributed by atoms with Gasteiger partial charge in [-0.15, -0.1) is 0 Å². The van der Waals surface area contributed by atoms with E-state index in [-0.39, 0.29) is 97.8 Å². The van der Waals surface area contributed by atoms with Crippen LogP contribution in [-0.2, 0) is 0 Å². The third kappa shape index (κ3) is 13.6. The van der Waals surface area contributed by atoms with E-state index in [0.29, 0.717) is 76.8 Å². The predicted molar refractivity (Wildman–Crippen MR) is 571 cm³/mol. The fourth-order valence-electron chi connectivity index (χ4n) is 17.9. The molecule has 0 aliphatic heterocycles. The maximum Gasteiger partial charge on any atom is 0.0636 e. The highest BCUT2D eigenvalue weighted by Gasteiger charge is 2.24. The van der Waals surface area contributed by atoms with E-state index in [4.69, 9.17) is 39.8 Å². The average Bonchev–Trinajstić information content (AvgIpc) is 0.692. The number of hydrogen-bond acceptors (Lipinski definition) is 0. The first-order valence-corrected chi connectivity index (χ1v) is 41.8. The molecule has 0 unspecified atom stereocenters. The summed E-state index contributed by atoms with van der Waals surface area (Å²) >= 11 is 0. The van der Waals surface area contributed by atoms with Crippen LogP contribution in [0.4, 0.5) is 0 Å². The van der Waals surface area contributed by atoms with Crippen molar-refractivity contribution in [3.05, 3.63) is 508 Å². The molecule has 132 heavy (non-hydrogen) atoms. The summed E-state index contributed by atoms with van der Waals surface area (Å²) < 4.78 is 442. The molecule has 0 amide bonds. The Labute approximate surface area is 834 Å². The first-order chi connectivity index (χ1) is 85.9. The van der Waals surface area contributed by atoms with E-state index in [2.05, 4.69) is 0 Å². The Morgan fingerprint density at radius 1 is 0.114 bits per heavy atom. The molecular weight excluding hydrogens is 1590 g/mol. The largest absolute Gasteiger partial charge is 0.0636 e. The van der Waals surface area contributed by atoms with E-state index < -0.39 is 329 Å². The second kappa shape index (κ2) is 32.6. The van der Waals surface area contributed by atoms with E-state index in [0.717, 1.165) is 54.2 Å². The Balaban J connectivity index is 0.000000136. The van der Waals surface area contributed by atoms with E-state index >= 15 is 0 Å². The highest BCUT2D eigenvalue weighted by atomic mass is 14.3. The van der Waals surface area contributed by atoms with Gasteiger partial charge < -0.3 is 0 Å². The molecule has 0 aliphatic rings. The van der Waals surface area contributed by atoms with Gasteiger partial charge in [0.05, 0.1) is 67.2 Å². The van der Waals surface area contributed by atoms with Gasteiger partial charge in [0.1, 0.15) is 0 Å². The molecule has 27 aromatic carbocycles. The van der Waals surface area contributed by atoms with Gasteiger partial charge in [-0.3, -0.25) is 0 Å². The molecule has 0 aromatic heterocycles. The van der Waals surface area contributed by atoms with E-state index in [1.807, 2.05) is 182 Å². The van der Waals surface area contributed by atoms with Crippen molar-refractivity contribution >= 4 is 162 Å². The molecule has 0 heterocycles. The minimum atomic E-state index is -1.12. The highest BCUT2D eigenvalue weighted by Crippen LogP contribution is 2.52. The van der Waals surface area contributed by atoms with Crippen LogP contribution in [0.2, 0.25) is 0 Å². The lowest BCUT2D eigenvalue weighted by molar-refractivity contribution is 1.66. The van der Waals surface area contributed by atoms with Crippen molar-refractivity contribution in [3.8, 4) is 100 Å². The monoisotopic (exact) mass is 1720 g/mol. The van der Waals surface area contributed by atoms with Crippen LogP contribution in [0.5, 0.6) is 0 Å². The normalized spacial score (nSPS) is 16.8. The molecule has 0 nitrogen and oxygen atoms in total. The molecule has 0 fully saturated rings. The zero-order chi connectivity index (χ0) is 130. The second-order valence-electron chi connectivity index (χ2n) is 31.2. The van der Waals surface area contributed by atoms with Gasteiger partial charge in [0.25, 0.3) is 0 Å². The summed E-state index contributed by atoms with van der Waals surface area (Å²) in [6.07, 6.45) is 0. The highest BCUT2D eigenvalue weighted by molar-refractivity contribution is 6.27. The fourth-order valence-corrected chi connectivity index (χ4v) is 17.9. The van der Waals surface area contributed by atoms with Crippen LogP contribution < -0.4 is 0 Å². The van der Waals surface area contributed by atoms with E-state index in [1.54, 1.807) is 30.3 Å². The molecule has 27 rings (SSSR count). The minimum Gasteiger partial charge on any atom is -0.0616 e. The summed E-state index contributed by atoms with van der Waals surface area (Å²) in [5, 5.41) is 2.34. The topological polar surface area (TPSA) is 0 Å². The summed E-state index contributed by atoms with van der Waals surface area (Å²) in [7, 11) is 0. The maximum absolute atomic E-state index is 10.2. The lowest BCUT2D eigenvalue weighted by atomic mass is 9.84. The van der Waals surface area contributed by atoms with Crippen LogP contribution in [0.15, 0.2) is 508 Å². The Kier molecular flexibility index (Phi) is 10.4. The average molecular weight is 1720 g/mol. The first kappa shape index (κ1) is 42.2. The Hall–Kier alpha value is -17.2. The molecule has 0 aliphatic carbocycles. The van der Waals surface area contributed by atoms with Crippen LogP contribution in [0, 0.1) is 0 Å². The van der Waals surface area contributed by atoms with Crippen LogP contribution in [0.25, 0.3) is 262 Å². The molecule has 0 saturated heterocycles. The van der Waals surface area contributed by atoms with Gasteiger partial charge in [0.15, 0.2) is 0 Å². The van der Waals surface area contributed by atoms with Crippen molar-refractivity contribution in [2.75, 3.05) is 0 Å². The lowest BCUT2D eigenvalue weighted by Gasteiger charge is -2.19. The van der Waals surface area contributed by atoms with Crippen LogP contribution in [-0.4, -0.2) is 0 Å². The summed E-state index contributed by atoms with van der Waals surface area (Å²) in [6, 6.07) is 32.0. The Morgan fingerprint density at radius 2 is 0.409 bits per heavy atom. The quantitative estimate of drug-likeness (QED) is 0.126. The fraction of sp³-hybridized carbons (Fsp3) is 0. The summed E-state index contributed by atoms with van der Waals surface area (Å²) in [4.78, 5) is 0. The zero-order valence-electron chi connectivity index (χ0n) is 118. The number of fused-ring (bicyclic) bond motifs is 15. The van der Waals surface area contributed by atoms with Gasteiger partial charge in [0, 0.05) is 0 Å². The number of hydrogen-bond donors (Lipinski definition) is 0. The van der Waals surface area contributed by atoms with Crippen molar-refractivity contribution in [2.24, 2.45) is 0 Å². The van der Waals surface area contributed by atoms with Crippen LogP contribution >= 0.6 is 0 Å². The van der Waals surface area contributed by atoms with Gasteiger partial charge in [0.2, 0.25) is 0 Å².